The number of hydrogen-bond acceptors (Lipinski definition) is 1. The van der Waals surface area contributed by atoms with E-state index in [1.54, 1.807) is 0 Å². The fourth-order valence-electron chi connectivity index (χ4n) is 4.07. The third-order valence-electron chi connectivity index (χ3n) is 6.09. The topological polar surface area (TPSA) is 9.23 Å². The molecule has 0 aromatic heterocycles. The van der Waals surface area contributed by atoms with Gasteiger partial charge in [0.05, 0.1) is 11.7 Å². The fourth-order valence-corrected chi connectivity index (χ4v) is 4.77. The van der Waals surface area contributed by atoms with Crippen LogP contribution in [0.25, 0.3) is 0 Å². The molecule has 2 aliphatic rings. The fraction of sp³-hybridized carbons (Fsp3) is 1.00. The molecular formula is C18H33BrO. The summed E-state index contributed by atoms with van der Waals surface area (Å²) in [6.45, 7) is 9.54. The number of alkyl halides is 1. The summed E-state index contributed by atoms with van der Waals surface area (Å²) >= 11 is 3.75. The van der Waals surface area contributed by atoms with Gasteiger partial charge in [0.1, 0.15) is 0 Å². The highest BCUT2D eigenvalue weighted by atomic mass is 79.9. The Bertz CT molecular complexity index is 294. The van der Waals surface area contributed by atoms with Gasteiger partial charge in [-0.05, 0) is 68.6 Å². The van der Waals surface area contributed by atoms with Gasteiger partial charge in [-0.2, -0.15) is 0 Å². The van der Waals surface area contributed by atoms with Crippen molar-refractivity contribution in [1.82, 2.24) is 0 Å². The van der Waals surface area contributed by atoms with Gasteiger partial charge in [-0.25, -0.2) is 0 Å². The monoisotopic (exact) mass is 344 g/mol. The van der Waals surface area contributed by atoms with E-state index in [2.05, 4.69) is 43.6 Å². The molecule has 0 bridgehead atoms. The highest BCUT2D eigenvalue weighted by Crippen LogP contribution is 2.42. The normalized spacial score (nSPS) is 42.9. The second-order valence-corrected chi connectivity index (χ2v) is 8.47. The van der Waals surface area contributed by atoms with Crippen LogP contribution < -0.4 is 0 Å². The zero-order valence-corrected chi connectivity index (χ0v) is 15.4. The molecule has 0 amide bonds. The van der Waals surface area contributed by atoms with Crippen LogP contribution in [-0.2, 0) is 4.74 Å². The van der Waals surface area contributed by atoms with Crippen molar-refractivity contribution >= 4 is 15.9 Å². The van der Waals surface area contributed by atoms with Gasteiger partial charge in [-0.15, -0.1) is 0 Å². The molecule has 0 saturated heterocycles. The van der Waals surface area contributed by atoms with Crippen LogP contribution in [0.1, 0.15) is 72.6 Å². The zero-order chi connectivity index (χ0) is 14.8. The Balaban J connectivity index is 1.89. The number of hydrogen-bond donors (Lipinski definition) is 0. The van der Waals surface area contributed by atoms with Crippen LogP contribution in [0.4, 0.5) is 0 Å². The van der Waals surface area contributed by atoms with E-state index in [0.29, 0.717) is 6.10 Å². The molecule has 0 spiro atoms. The second kappa shape index (κ2) is 7.13. The van der Waals surface area contributed by atoms with Gasteiger partial charge in [-0.3, -0.25) is 0 Å². The summed E-state index contributed by atoms with van der Waals surface area (Å²) in [7, 11) is 0. The van der Waals surface area contributed by atoms with Crippen molar-refractivity contribution in [2.24, 2.45) is 23.7 Å². The first-order valence-corrected chi connectivity index (χ1v) is 9.81. The van der Waals surface area contributed by atoms with Crippen molar-refractivity contribution in [3.8, 4) is 0 Å². The summed E-state index contributed by atoms with van der Waals surface area (Å²) in [5.41, 5.74) is 0.135. The maximum absolute atomic E-state index is 6.67. The lowest BCUT2D eigenvalue weighted by Crippen LogP contribution is -2.44. The molecule has 20 heavy (non-hydrogen) atoms. The average Bonchev–Trinajstić information content (AvgIpc) is 2.43. The largest absolute Gasteiger partial charge is 0.371 e. The van der Waals surface area contributed by atoms with Gasteiger partial charge in [0, 0.05) is 5.33 Å². The summed E-state index contributed by atoms with van der Waals surface area (Å²) in [5.74, 6) is 3.45. The van der Waals surface area contributed by atoms with E-state index in [0.717, 1.165) is 29.0 Å². The molecule has 0 heterocycles. The van der Waals surface area contributed by atoms with Crippen LogP contribution in [0, 0.1) is 23.7 Å². The van der Waals surface area contributed by atoms with Gasteiger partial charge in [0.2, 0.25) is 0 Å². The Kier molecular flexibility index (Phi) is 5.99. The summed E-state index contributed by atoms with van der Waals surface area (Å²) < 4.78 is 6.67. The maximum atomic E-state index is 6.67. The highest BCUT2D eigenvalue weighted by Gasteiger charge is 2.39. The predicted octanol–water partition coefficient (Wildman–Crippen LogP) is 5.81. The van der Waals surface area contributed by atoms with E-state index < -0.39 is 0 Å². The van der Waals surface area contributed by atoms with Crippen LogP contribution in [0.3, 0.4) is 0 Å². The summed E-state index contributed by atoms with van der Waals surface area (Å²) in [6, 6.07) is 0. The number of halogens is 1. The van der Waals surface area contributed by atoms with E-state index in [1.165, 1.54) is 44.9 Å². The minimum atomic E-state index is 0.135. The maximum Gasteiger partial charge on any atom is 0.0782 e. The smallest absolute Gasteiger partial charge is 0.0782 e. The van der Waals surface area contributed by atoms with Gasteiger partial charge in [-0.1, -0.05) is 43.6 Å². The van der Waals surface area contributed by atoms with Gasteiger partial charge in [0.25, 0.3) is 0 Å². The molecule has 2 aliphatic carbocycles. The molecule has 2 fully saturated rings. The van der Waals surface area contributed by atoms with E-state index in [1.807, 2.05) is 0 Å². The van der Waals surface area contributed by atoms with Crippen molar-refractivity contribution in [2.75, 3.05) is 5.33 Å². The van der Waals surface area contributed by atoms with Crippen LogP contribution in [0.2, 0.25) is 0 Å². The summed E-state index contributed by atoms with van der Waals surface area (Å²) in [6.07, 6.45) is 9.60. The molecule has 2 rings (SSSR count). The highest BCUT2D eigenvalue weighted by molar-refractivity contribution is 9.09. The molecule has 0 aromatic carbocycles. The van der Waals surface area contributed by atoms with Crippen LogP contribution in [0.5, 0.6) is 0 Å². The molecule has 118 valence electrons. The summed E-state index contributed by atoms with van der Waals surface area (Å²) in [5, 5.41) is 1.02. The first-order chi connectivity index (χ1) is 9.46. The van der Waals surface area contributed by atoms with Crippen molar-refractivity contribution in [1.29, 1.82) is 0 Å². The standard InChI is InChI=1S/C18H33BrO/c1-13(2)16-7-9-18(12-19,10-8-16)20-17-6-5-14(3)15(4)11-17/h13-17H,5-12H2,1-4H3. The van der Waals surface area contributed by atoms with Gasteiger partial charge >= 0.3 is 0 Å². The Hall–Kier alpha value is 0.440. The van der Waals surface area contributed by atoms with Crippen LogP contribution in [0.15, 0.2) is 0 Å². The molecule has 0 aliphatic heterocycles. The Labute approximate surface area is 134 Å². The lowest BCUT2D eigenvalue weighted by molar-refractivity contribution is -0.125. The third kappa shape index (κ3) is 4.00. The van der Waals surface area contributed by atoms with E-state index in [9.17, 15) is 0 Å². The predicted molar refractivity (Wildman–Crippen MR) is 90.4 cm³/mol. The number of rotatable bonds is 4. The van der Waals surface area contributed by atoms with Crippen molar-refractivity contribution < 1.29 is 4.74 Å². The van der Waals surface area contributed by atoms with Crippen LogP contribution in [-0.4, -0.2) is 17.0 Å². The molecule has 3 atom stereocenters. The molecule has 3 unspecified atom stereocenters. The average molecular weight is 345 g/mol. The zero-order valence-electron chi connectivity index (χ0n) is 13.8. The molecule has 0 radical (unpaired) electrons. The minimum Gasteiger partial charge on any atom is -0.371 e. The first kappa shape index (κ1) is 16.8. The molecule has 2 heteroatoms. The van der Waals surface area contributed by atoms with Gasteiger partial charge in [0.15, 0.2) is 0 Å². The molecule has 1 nitrogen and oxygen atoms in total. The first-order valence-electron chi connectivity index (χ1n) is 8.69. The van der Waals surface area contributed by atoms with Gasteiger partial charge < -0.3 is 4.74 Å². The lowest BCUT2D eigenvalue weighted by Gasteiger charge is -2.44. The van der Waals surface area contributed by atoms with Crippen molar-refractivity contribution in [3.63, 3.8) is 0 Å². The van der Waals surface area contributed by atoms with Crippen LogP contribution >= 0.6 is 15.9 Å². The molecule has 0 N–H and O–H groups in total. The molecular weight excluding hydrogens is 312 g/mol. The quantitative estimate of drug-likeness (QED) is 0.585. The van der Waals surface area contributed by atoms with E-state index >= 15 is 0 Å². The Morgan fingerprint density at radius 1 is 1.05 bits per heavy atom. The Morgan fingerprint density at radius 3 is 2.20 bits per heavy atom. The second-order valence-electron chi connectivity index (χ2n) is 7.91. The molecule has 0 aromatic rings. The lowest BCUT2D eigenvalue weighted by atomic mass is 9.74. The van der Waals surface area contributed by atoms with Crippen molar-refractivity contribution in [3.05, 3.63) is 0 Å². The van der Waals surface area contributed by atoms with E-state index in [-0.39, 0.29) is 5.60 Å². The van der Waals surface area contributed by atoms with Crippen molar-refractivity contribution in [2.45, 2.75) is 84.3 Å². The minimum absolute atomic E-state index is 0.135. The number of ether oxygens (including phenoxy) is 1. The SMILES string of the molecule is CC(C)C1CCC(CBr)(OC2CCC(C)C(C)C2)CC1. The molecule has 2 saturated carbocycles. The third-order valence-corrected chi connectivity index (χ3v) is 7.12. The van der Waals surface area contributed by atoms with E-state index in [4.69, 9.17) is 4.74 Å². The summed E-state index contributed by atoms with van der Waals surface area (Å²) in [4.78, 5) is 0. The Morgan fingerprint density at radius 2 is 1.70 bits per heavy atom.